The molecule has 1 aliphatic rings. The Labute approximate surface area is 195 Å². The second-order valence-electron chi connectivity index (χ2n) is 8.19. The fourth-order valence-corrected chi connectivity index (χ4v) is 4.90. The van der Waals surface area contributed by atoms with Crippen molar-refractivity contribution >= 4 is 34.0 Å². The third-order valence-electron chi connectivity index (χ3n) is 5.72. The molecule has 5 rings (SSSR count). The van der Waals surface area contributed by atoms with Crippen LogP contribution in [0.2, 0.25) is 0 Å². The molecule has 2 N–H and O–H groups in total. The van der Waals surface area contributed by atoms with Crippen molar-refractivity contribution in [3.63, 3.8) is 0 Å². The summed E-state index contributed by atoms with van der Waals surface area (Å²) in [7, 11) is 0. The van der Waals surface area contributed by atoms with Gasteiger partial charge in [0.2, 0.25) is 0 Å². The number of hydrogen-bond donors (Lipinski definition) is 2. The number of imidazole rings is 1. The molecule has 5 heterocycles. The van der Waals surface area contributed by atoms with E-state index in [1.807, 2.05) is 42.9 Å². The zero-order chi connectivity index (χ0) is 22.8. The third-order valence-corrected chi connectivity index (χ3v) is 6.46. The molecular weight excluding hydrogens is 440 g/mol. The van der Waals surface area contributed by atoms with Gasteiger partial charge in [0.25, 0.3) is 0 Å². The van der Waals surface area contributed by atoms with Gasteiger partial charge in [-0.05, 0) is 50.8 Å². The second kappa shape index (κ2) is 9.28. The average molecular weight is 467 g/mol. The van der Waals surface area contributed by atoms with E-state index in [2.05, 4.69) is 34.8 Å². The molecule has 0 bridgehead atoms. The fraction of sp³-hybridized carbons (Fsp3) is 0.409. The molecule has 10 nitrogen and oxygen atoms in total. The Morgan fingerprint density at radius 2 is 2.30 bits per heavy atom. The van der Waals surface area contributed by atoms with Crippen LogP contribution in [0.25, 0.3) is 16.9 Å². The van der Waals surface area contributed by atoms with Gasteiger partial charge in [0.1, 0.15) is 5.00 Å². The van der Waals surface area contributed by atoms with Crippen LogP contribution in [0.15, 0.2) is 30.9 Å². The molecule has 0 spiro atoms. The minimum Gasteiger partial charge on any atom is -0.466 e. The number of esters is 1. The Kier molecular flexibility index (Phi) is 6.05. The predicted molar refractivity (Wildman–Crippen MR) is 125 cm³/mol. The van der Waals surface area contributed by atoms with E-state index in [0.29, 0.717) is 25.5 Å². The summed E-state index contributed by atoms with van der Waals surface area (Å²) in [6.45, 7) is 6.61. The topological polar surface area (TPSA) is 113 Å². The number of nitrogens with one attached hydrogen (secondary N) is 2. The number of carbonyl (C=O) groups is 1. The van der Waals surface area contributed by atoms with Crippen molar-refractivity contribution in [3.05, 3.63) is 42.2 Å². The fourth-order valence-electron chi connectivity index (χ4n) is 4.24. The number of aromatic nitrogens is 6. The molecule has 0 radical (unpaired) electrons. The summed E-state index contributed by atoms with van der Waals surface area (Å²) in [5.74, 6) is 0.539. The lowest BCUT2D eigenvalue weighted by Gasteiger charge is -2.30. The van der Waals surface area contributed by atoms with E-state index < -0.39 is 0 Å². The molecule has 1 saturated heterocycles. The van der Waals surface area contributed by atoms with Crippen LogP contribution >= 0.6 is 11.5 Å². The van der Waals surface area contributed by atoms with E-state index >= 15 is 0 Å². The van der Waals surface area contributed by atoms with Gasteiger partial charge in [0, 0.05) is 31.0 Å². The second-order valence-corrected chi connectivity index (χ2v) is 8.99. The lowest BCUT2D eigenvalue weighted by Crippen LogP contribution is -2.38. The SMILES string of the molecule is CCOC(=O)C1CCCN(Cc2cc(Nc3nc(C)cn4c(-c5cn[nH]c5)cnc34)sn2)C1. The normalized spacial score (nSPS) is 16.8. The first kappa shape index (κ1) is 21.5. The number of fused-ring (bicyclic) bond motifs is 1. The molecule has 33 heavy (non-hydrogen) atoms. The third kappa shape index (κ3) is 4.60. The van der Waals surface area contributed by atoms with E-state index in [4.69, 9.17) is 4.74 Å². The van der Waals surface area contributed by atoms with Crippen molar-refractivity contribution in [1.82, 2.24) is 33.8 Å². The molecule has 1 fully saturated rings. The van der Waals surface area contributed by atoms with E-state index in [1.165, 1.54) is 11.5 Å². The van der Waals surface area contributed by atoms with Gasteiger partial charge in [-0.25, -0.2) is 9.97 Å². The standard InChI is InChI=1S/C22H26N8O2S/c1-3-32-22(31)15-5-4-6-29(12-15)13-17-7-19(33-28-17)27-20-21-23-10-18(16-8-24-25-9-16)30(21)11-14(2)26-20/h7-11,15H,3-6,12-13H2,1-2H3,(H,24,25)(H,26,27). The van der Waals surface area contributed by atoms with E-state index in [9.17, 15) is 4.79 Å². The summed E-state index contributed by atoms with van der Waals surface area (Å²) in [6, 6.07) is 2.04. The first-order valence-electron chi connectivity index (χ1n) is 11.1. The Hall–Kier alpha value is -3.31. The summed E-state index contributed by atoms with van der Waals surface area (Å²) >= 11 is 1.40. The van der Waals surface area contributed by atoms with Crippen LogP contribution < -0.4 is 5.32 Å². The number of likely N-dealkylation sites (tertiary alicyclic amines) is 1. The van der Waals surface area contributed by atoms with Gasteiger partial charge in [0.05, 0.1) is 42.0 Å². The molecule has 1 aliphatic heterocycles. The molecule has 0 saturated carbocycles. The minimum atomic E-state index is -0.0909. The number of aromatic amines is 1. The van der Waals surface area contributed by atoms with Crippen LogP contribution in [-0.2, 0) is 16.1 Å². The molecule has 11 heteroatoms. The van der Waals surface area contributed by atoms with Gasteiger partial charge in [0.15, 0.2) is 11.5 Å². The maximum atomic E-state index is 12.1. The van der Waals surface area contributed by atoms with Crippen molar-refractivity contribution in [2.24, 2.45) is 5.92 Å². The Morgan fingerprint density at radius 3 is 3.12 bits per heavy atom. The highest BCUT2D eigenvalue weighted by Crippen LogP contribution is 2.28. The van der Waals surface area contributed by atoms with Crippen LogP contribution in [0.4, 0.5) is 10.8 Å². The molecule has 0 aromatic carbocycles. The monoisotopic (exact) mass is 466 g/mol. The summed E-state index contributed by atoms with van der Waals surface area (Å²) in [4.78, 5) is 23.6. The summed E-state index contributed by atoms with van der Waals surface area (Å²) in [6.07, 6.45) is 9.27. The van der Waals surface area contributed by atoms with Crippen LogP contribution in [0.1, 0.15) is 31.2 Å². The number of hydrogen-bond acceptors (Lipinski definition) is 9. The van der Waals surface area contributed by atoms with Crippen LogP contribution in [0.5, 0.6) is 0 Å². The van der Waals surface area contributed by atoms with Crippen molar-refractivity contribution in [1.29, 1.82) is 0 Å². The number of carbonyl (C=O) groups excluding carboxylic acids is 1. The van der Waals surface area contributed by atoms with Gasteiger partial charge < -0.3 is 10.1 Å². The smallest absolute Gasteiger partial charge is 0.310 e. The Morgan fingerprint density at radius 1 is 1.39 bits per heavy atom. The quantitative estimate of drug-likeness (QED) is 0.399. The minimum absolute atomic E-state index is 0.0513. The highest BCUT2D eigenvalue weighted by molar-refractivity contribution is 7.10. The average Bonchev–Trinajstić information content (AvgIpc) is 3.55. The van der Waals surface area contributed by atoms with Crippen molar-refractivity contribution < 1.29 is 9.53 Å². The summed E-state index contributed by atoms with van der Waals surface area (Å²) in [5, 5.41) is 11.2. The van der Waals surface area contributed by atoms with Gasteiger partial charge in [-0.3, -0.25) is 19.2 Å². The highest BCUT2D eigenvalue weighted by atomic mass is 32.1. The zero-order valence-corrected chi connectivity index (χ0v) is 19.4. The van der Waals surface area contributed by atoms with Crippen LogP contribution in [-0.4, -0.2) is 59.5 Å². The number of aryl methyl sites for hydroxylation is 1. The Balaban J connectivity index is 1.31. The van der Waals surface area contributed by atoms with Crippen molar-refractivity contribution in [3.8, 4) is 11.3 Å². The van der Waals surface area contributed by atoms with Crippen molar-refractivity contribution in [2.45, 2.75) is 33.2 Å². The summed E-state index contributed by atoms with van der Waals surface area (Å²) in [5.41, 5.74) is 4.48. The molecule has 4 aromatic heterocycles. The lowest BCUT2D eigenvalue weighted by atomic mass is 9.98. The number of ether oxygens (including phenoxy) is 1. The van der Waals surface area contributed by atoms with E-state index in [0.717, 1.165) is 52.7 Å². The van der Waals surface area contributed by atoms with Crippen LogP contribution in [0.3, 0.4) is 0 Å². The first-order valence-corrected chi connectivity index (χ1v) is 11.8. The molecule has 1 atom stereocenters. The number of anilines is 2. The Bertz CT molecular complexity index is 1250. The lowest BCUT2D eigenvalue weighted by molar-refractivity contribution is -0.150. The highest BCUT2D eigenvalue weighted by Gasteiger charge is 2.27. The number of rotatable bonds is 7. The molecule has 172 valence electrons. The van der Waals surface area contributed by atoms with Gasteiger partial charge in [-0.2, -0.15) is 9.47 Å². The van der Waals surface area contributed by atoms with Gasteiger partial charge in [-0.15, -0.1) is 0 Å². The van der Waals surface area contributed by atoms with Crippen LogP contribution in [0, 0.1) is 12.8 Å². The zero-order valence-electron chi connectivity index (χ0n) is 18.6. The maximum absolute atomic E-state index is 12.1. The molecule has 1 unspecified atom stereocenters. The number of H-pyrrole nitrogens is 1. The summed E-state index contributed by atoms with van der Waals surface area (Å²) < 4.78 is 11.8. The largest absolute Gasteiger partial charge is 0.466 e. The van der Waals surface area contributed by atoms with Gasteiger partial charge in [-0.1, -0.05) is 0 Å². The number of piperidine rings is 1. The molecular formula is C22H26N8O2S. The maximum Gasteiger partial charge on any atom is 0.310 e. The number of nitrogens with zero attached hydrogens (tertiary/aromatic N) is 6. The molecule has 0 aliphatic carbocycles. The predicted octanol–water partition coefficient (Wildman–Crippen LogP) is 3.40. The van der Waals surface area contributed by atoms with Gasteiger partial charge >= 0.3 is 5.97 Å². The molecule has 0 amide bonds. The van der Waals surface area contributed by atoms with E-state index in [1.54, 1.807) is 6.20 Å². The van der Waals surface area contributed by atoms with Crippen molar-refractivity contribution in [2.75, 3.05) is 25.0 Å². The first-order chi connectivity index (χ1) is 16.1. The molecule has 4 aromatic rings. The van der Waals surface area contributed by atoms with E-state index in [-0.39, 0.29) is 11.9 Å².